The van der Waals surface area contributed by atoms with Crippen LogP contribution in [0.2, 0.25) is 5.02 Å². The van der Waals surface area contributed by atoms with E-state index in [9.17, 15) is 0 Å². The molecule has 0 fully saturated rings. The number of fused-ring (bicyclic) bond motifs is 1. The maximum Gasteiger partial charge on any atom is 0.0558 e. The highest BCUT2D eigenvalue weighted by atomic mass is 35.5. The average Bonchev–Trinajstić information content (AvgIpc) is 2.20. The van der Waals surface area contributed by atoms with Crippen LogP contribution in [0.4, 0.5) is 0 Å². The van der Waals surface area contributed by atoms with E-state index in [1.54, 1.807) is 0 Å². The van der Waals surface area contributed by atoms with E-state index < -0.39 is 0 Å². The summed E-state index contributed by atoms with van der Waals surface area (Å²) in [4.78, 5) is 2.28. The molecule has 0 aromatic heterocycles. The van der Waals surface area contributed by atoms with Gasteiger partial charge in [0.2, 0.25) is 0 Å². The van der Waals surface area contributed by atoms with Crippen molar-refractivity contribution in [3.05, 3.63) is 34.3 Å². The molecule has 1 aliphatic rings. The number of β-amino-alcohol motifs (C(OH)–C–C–N with tert-alkyl or cyclic N) is 1. The Labute approximate surface area is 95.5 Å². The van der Waals surface area contributed by atoms with Gasteiger partial charge in [-0.2, -0.15) is 0 Å². The van der Waals surface area contributed by atoms with Gasteiger partial charge >= 0.3 is 0 Å². The second kappa shape index (κ2) is 4.52. The third-order valence-corrected chi connectivity index (χ3v) is 3.22. The quantitative estimate of drug-likeness (QED) is 0.835. The van der Waals surface area contributed by atoms with Gasteiger partial charge in [0.05, 0.1) is 6.61 Å². The number of aliphatic hydroxyl groups excluding tert-OH is 1. The monoisotopic (exact) mass is 225 g/mol. The fourth-order valence-electron chi connectivity index (χ4n) is 2.27. The molecule has 0 aliphatic carbocycles. The molecule has 1 aromatic rings. The van der Waals surface area contributed by atoms with E-state index in [-0.39, 0.29) is 6.61 Å². The fourth-order valence-corrected chi connectivity index (χ4v) is 2.45. The summed E-state index contributed by atoms with van der Waals surface area (Å²) in [5, 5.41) is 9.75. The van der Waals surface area contributed by atoms with E-state index in [2.05, 4.69) is 24.0 Å². The molecule has 0 unspecified atom stereocenters. The van der Waals surface area contributed by atoms with Crippen LogP contribution in [-0.2, 0) is 6.54 Å². The van der Waals surface area contributed by atoms with Crippen LogP contribution in [0.25, 0.3) is 0 Å². The Morgan fingerprint density at radius 3 is 3.07 bits per heavy atom. The van der Waals surface area contributed by atoms with Gasteiger partial charge in [0.1, 0.15) is 0 Å². The molecule has 0 saturated carbocycles. The van der Waals surface area contributed by atoms with Gasteiger partial charge in [0.25, 0.3) is 0 Å². The first kappa shape index (κ1) is 10.9. The molecule has 82 valence electrons. The molecule has 2 nitrogen and oxygen atoms in total. The lowest BCUT2D eigenvalue weighted by Crippen LogP contribution is -2.34. The van der Waals surface area contributed by atoms with Crippen molar-refractivity contribution < 1.29 is 5.11 Å². The first-order chi connectivity index (χ1) is 7.20. The normalized spacial score (nSPS) is 21.4. The molecule has 0 spiro atoms. The summed E-state index contributed by atoms with van der Waals surface area (Å²) in [5.74, 6) is 0.499. The molecule has 3 heteroatoms. The van der Waals surface area contributed by atoms with Crippen LogP contribution in [-0.4, -0.2) is 29.7 Å². The Hall–Kier alpha value is -0.570. The van der Waals surface area contributed by atoms with Crippen molar-refractivity contribution >= 4 is 11.6 Å². The minimum Gasteiger partial charge on any atom is -0.395 e. The largest absolute Gasteiger partial charge is 0.395 e. The van der Waals surface area contributed by atoms with E-state index in [4.69, 9.17) is 16.7 Å². The smallest absolute Gasteiger partial charge is 0.0558 e. The van der Waals surface area contributed by atoms with Crippen LogP contribution in [0.1, 0.15) is 24.0 Å². The van der Waals surface area contributed by atoms with E-state index in [1.807, 2.05) is 6.07 Å². The minimum absolute atomic E-state index is 0.232. The predicted molar refractivity (Wildman–Crippen MR) is 62.2 cm³/mol. The highest BCUT2D eigenvalue weighted by Crippen LogP contribution is 2.29. The number of halogens is 1. The lowest BCUT2D eigenvalue weighted by molar-refractivity contribution is 0.175. The van der Waals surface area contributed by atoms with Gasteiger partial charge in [-0.05, 0) is 29.2 Å². The Morgan fingerprint density at radius 1 is 1.53 bits per heavy atom. The van der Waals surface area contributed by atoms with Crippen LogP contribution < -0.4 is 0 Å². The summed E-state index contributed by atoms with van der Waals surface area (Å²) in [6.45, 7) is 5.13. The van der Waals surface area contributed by atoms with Crippen molar-refractivity contribution in [2.75, 3.05) is 19.7 Å². The van der Waals surface area contributed by atoms with Crippen molar-refractivity contribution in [1.29, 1.82) is 0 Å². The minimum atomic E-state index is 0.232. The first-order valence-corrected chi connectivity index (χ1v) is 5.70. The highest BCUT2D eigenvalue weighted by Gasteiger charge is 2.21. The Kier molecular flexibility index (Phi) is 3.29. The zero-order chi connectivity index (χ0) is 10.8. The lowest BCUT2D eigenvalue weighted by atomic mass is 9.91. The molecule has 0 bridgehead atoms. The molecule has 1 N–H and O–H groups in total. The number of rotatable bonds is 2. The van der Waals surface area contributed by atoms with Crippen molar-refractivity contribution in [3.8, 4) is 0 Å². The molecule has 0 amide bonds. The average molecular weight is 226 g/mol. The van der Waals surface area contributed by atoms with Gasteiger partial charge in [0, 0.05) is 24.7 Å². The number of benzene rings is 1. The fraction of sp³-hybridized carbons (Fsp3) is 0.500. The third-order valence-electron chi connectivity index (χ3n) is 2.98. The number of nitrogens with zero attached hydrogens (tertiary/aromatic N) is 1. The van der Waals surface area contributed by atoms with Crippen LogP contribution in [0.3, 0.4) is 0 Å². The van der Waals surface area contributed by atoms with Crippen molar-refractivity contribution in [2.45, 2.75) is 19.4 Å². The summed E-state index contributed by atoms with van der Waals surface area (Å²) in [5.41, 5.74) is 2.70. The summed E-state index contributed by atoms with van der Waals surface area (Å²) < 4.78 is 0. The molecule has 0 radical (unpaired) electrons. The van der Waals surface area contributed by atoms with Crippen molar-refractivity contribution in [3.63, 3.8) is 0 Å². The van der Waals surface area contributed by atoms with E-state index in [1.165, 1.54) is 11.1 Å². The molecule has 2 rings (SSSR count). The molecule has 1 atom stereocenters. The first-order valence-electron chi connectivity index (χ1n) is 5.32. The summed E-state index contributed by atoms with van der Waals surface area (Å²) in [6.07, 6.45) is 0. The Morgan fingerprint density at radius 2 is 2.33 bits per heavy atom. The SMILES string of the molecule is C[C@@H]1CN(CCO)Cc2ccc(Cl)cc21. The molecule has 15 heavy (non-hydrogen) atoms. The molecule has 0 saturated heterocycles. The number of aliphatic hydroxyl groups is 1. The zero-order valence-corrected chi connectivity index (χ0v) is 9.67. The number of hydrogen-bond acceptors (Lipinski definition) is 2. The number of hydrogen-bond donors (Lipinski definition) is 1. The maximum absolute atomic E-state index is 8.93. The van der Waals surface area contributed by atoms with Crippen LogP contribution in [0.15, 0.2) is 18.2 Å². The molecule has 1 aliphatic heterocycles. The van der Waals surface area contributed by atoms with Gasteiger partial charge in [0.15, 0.2) is 0 Å². The van der Waals surface area contributed by atoms with E-state index in [0.717, 1.165) is 24.7 Å². The third kappa shape index (κ3) is 2.33. The van der Waals surface area contributed by atoms with Crippen molar-refractivity contribution in [2.24, 2.45) is 0 Å². The maximum atomic E-state index is 8.93. The van der Waals surface area contributed by atoms with Crippen molar-refractivity contribution in [1.82, 2.24) is 4.90 Å². The second-order valence-electron chi connectivity index (χ2n) is 4.20. The van der Waals surface area contributed by atoms with Crippen LogP contribution in [0, 0.1) is 0 Å². The molecule has 1 aromatic carbocycles. The van der Waals surface area contributed by atoms with Gasteiger partial charge in [-0.1, -0.05) is 24.6 Å². The molecular weight excluding hydrogens is 210 g/mol. The molecule has 1 heterocycles. The standard InChI is InChI=1S/C12H16ClNO/c1-9-7-14(4-5-15)8-10-2-3-11(13)6-12(9)10/h2-3,6,9,15H,4-5,7-8H2,1H3/t9-/m1/s1. The predicted octanol–water partition coefficient (Wildman–Crippen LogP) is 2.25. The Balaban J connectivity index is 2.24. The van der Waals surface area contributed by atoms with Gasteiger partial charge < -0.3 is 5.11 Å². The molecular formula is C12H16ClNO. The Bertz CT molecular complexity index is 353. The lowest BCUT2D eigenvalue weighted by Gasteiger charge is -2.32. The highest BCUT2D eigenvalue weighted by molar-refractivity contribution is 6.30. The summed E-state index contributed by atoms with van der Waals surface area (Å²) in [7, 11) is 0. The van der Waals surface area contributed by atoms with Gasteiger partial charge in [-0.25, -0.2) is 0 Å². The van der Waals surface area contributed by atoms with Crippen LogP contribution >= 0.6 is 11.6 Å². The van der Waals surface area contributed by atoms with E-state index in [0.29, 0.717) is 5.92 Å². The topological polar surface area (TPSA) is 23.5 Å². The van der Waals surface area contributed by atoms with Gasteiger partial charge in [-0.3, -0.25) is 4.90 Å². The summed E-state index contributed by atoms with van der Waals surface area (Å²) in [6, 6.07) is 6.10. The van der Waals surface area contributed by atoms with E-state index >= 15 is 0 Å². The summed E-state index contributed by atoms with van der Waals surface area (Å²) >= 11 is 5.99. The van der Waals surface area contributed by atoms with Gasteiger partial charge in [-0.15, -0.1) is 0 Å². The zero-order valence-electron chi connectivity index (χ0n) is 8.91. The second-order valence-corrected chi connectivity index (χ2v) is 4.64. The van der Waals surface area contributed by atoms with Crippen LogP contribution in [0.5, 0.6) is 0 Å².